The van der Waals surface area contributed by atoms with Crippen LogP contribution in [0.15, 0.2) is 176 Å². The van der Waals surface area contributed by atoms with E-state index in [9.17, 15) is 0 Å². The first-order valence-electron chi connectivity index (χ1n) is 24.1. The van der Waals surface area contributed by atoms with Crippen LogP contribution in [0, 0.1) is 0 Å². The molecule has 0 saturated heterocycles. The van der Waals surface area contributed by atoms with E-state index in [1.165, 1.54) is 55.7 Å². The maximum Gasteiger partial charge on any atom is 0.137 e. The lowest BCUT2D eigenvalue weighted by Gasteiger charge is -2.30. The summed E-state index contributed by atoms with van der Waals surface area (Å²) in [5, 5.41) is 2.36. The van der Waals surface area contributed by atoms with Crippen LogP contribution in [-0.2, 0) is 21.7 Å². The van der Waals surface area contributed by atoms with Crippen LogP contribution in [0.4, 0.5) is 22.7 Å². The molecular weight excluding hydrogens is 829 g/mol. The van der Waals surface area contributed by atoms with E-state index < -0.39 is 0 Å². The van der Waals surface area contributed by atoms with Crippen molar-refractivity contribution in [3.05, 3.63) is 204 Å². The van der Waals surface area contributed by atoms with E-state index in [-0.39, 0.29) is 21.7 Å². The van der Waals surface area contributed by atoms with Crippen molar-refractivity contribution in [3.63, 3.8) is 0 Å². The first-order chi connectivity index (χ1) is 32.3. The van der Waals surface area contributed by atoms with Gasteiger partial charge in [-0.25, -0.2) is 4.98 Å². The van der Waals surface area contributed by atoms with Gasteiger partial charge in [0.05, 0.1) is 22.4 Å². The number of ether oxygens (including phenoxy) is 1. The summed E-state index contributed by atoms with van der Waals surface area (Å²) in [6.07, 6.45) is 1.95. The highest BCUT2D eigenvalue weighted by molar-refractivity contribution is 6.10. The molecule has 0 amide bonds. The molecule has 0 atom stereocenters. The molecule has 0 spiro atoms. The molecule has 7 aromatic carbocycles. The zero-order valence-electron chi connectivity index (χ0n) is 41.6. The minimum absolute atomic E-state index is 0.00359. The van der Waals surface area contributed by atoms with Gasteiger partial charge < -0.3 is 14.5 Å². The first-order valence-corrected chi connectivity index (χ1v) is 24.1. The number of para-hydroxylation sites is 1. The van der Waals surface area contributed by atoms with Gasteiger partial charge >= 0.3 is 0 Å². The SMILES string of the molecule is CC(C)(C)c1cc(N2CN(c3cccc(Oc4ccc5c6cc(C(C)(C)C)ccc6n(-c6cc(C(C)(C)c7ccccc7)ccn6)c5c4)c3)c3cccc(-c4ccccc4)c32)cc(C(C)(C)C)c1. The fourth-order valence-corrected chi connectivity index (χ4v) is 9.82. The molecule has 10 rings (SSSR count). The standard InChI is InChI=1S/C63H64N4O/c1-60(2,3)44-28-31-55-54(37-44)53-30-29-51(40-57(53)67(55)58-38-45(32-33-64-58)63(10,11)43-22-16-13-17-23-43)68-50-25-18-24-48(39-50)65-41-66(49-35-46(61(4,5)6)34-47(36-49)62(7,8)9)59-52(26-19-27-56(59)65)42-20-14-12-15-21-42/h12-40H,41H2,1-11H3. The lowest BCUT2D eigenvalue weighted by atomic mass is 9.78. The Morgan fingerprint density at radius 2 is 1.10 bits per heavy atom. The Hall–Kier alpha value is -7.11. The number of anilines is 4. The van der Waals surface area contributed by atoms with Gasteiger partial charge in [0.15, 0.2) is 0 Å². The molecule has 0 fully saturated rings. The molecule has 0 N–H and O–H groups in total. The summed E-state index contributed by atoms with van der Waals surface area (Å²) in [5.74, 6) is 2.41. The Bertz CT molecular complexity index is 3290. The van der Waals surface area contributed by atoms with Gasteiger partial charge in [-0.05, 0) is 116 Å². The second kappa shape index (κ2) is 16.6. The number of benzene rings is 7. The average Bonchev–Trinajstić information content (AvgIpc) is 3.87. The van der Waals surface area contributed by atoms with Crippen LogP contribution in [-0.4, -0.2) is 16.2 Å². The predicted molar refractivity (Wildman–Crippen MR) is 287 cm³/mol. The molecule has 0 saturated carbocycles. The Labute approximate surface area is 403 Å². The van der Waals surface area contributed by atoms with Gasteiger partial charge in [0.25, 0.3) is 0 Å². The van der Waals surface area contributed by atoms with Crippen molar-refractivity contribution in [2.75, 3.05) is 16.5 Å². The van der Waals surface area contributed by atoms with Crippen molar-refractivity contribution in [1.29, 1.82) is 0 Å². The maximum atomic E-state index is 6.91. The summed E-state index contributed by atoms with van der Waals surface area (Å²) in [5.41, 5.74) is 15.3. The molecule has 5 heteroatoms. The highest BCUT2D eigenvalue weighted by atomic mass is 16.5. The van der Waals surface area contributed by atoms with Crippen molar-refractivity contribution in [3.8, 4) is 28.4 Å². The third-order valence-corrected chi connectivity index (χ3v) is 14.1. The maximum absolute atomic E-state index is 6.91. The number of pyridine rings is 1. The third kappa shape index (κ3) is 8.23. The molecule has 2 aromatic heterocycles. The number of rotatable bonds is 8. The topological polar surface area (TPSA) is 33.5 Å². The number of hydrogen-bond donors (Lipinski definition) is 0. The quantitative estimate of drug-likeness (QED) is 0.152. The minimum Gasteiger partial charge on any atom is -0.457 e. The average molecular weight is 893 g/mol. The zero-order chi connectivity index (χ0) is 47.8. The van der Waals surface area contributed by atoms with Crippen LogP contribution < -0.4 is 14.5 Å². The van der Waals surface area contributed by atoms with E-state index in [2.05, 4.69) is 260 Å². The predicted octanol–water partition coefficient (Wildman–Crippen LogP) is 17.1. The number of nitrogens with zero attached hydrogens (tertiary/aromatic N) is 4. The summed E-state index contributed by atoms with van der Waals surface area (Å²) >= 11 is 0. The van der Waals surface area contributed by atoms with Crippen LogP contribution >= 0.6 is 0 Å². The summed E-state index contributed by atoms with van der Waals surface area (Å²) < 4.78 is 9.22. The molecular formula is C63H64N4O. The van der Waals surface area contributed by atoms with Crippen molar-refractivity contribution < 1.29 is 4.74 Å². The second-order valence-corrected chi connectivity index (χ2v) is 22.3. The molecule has 3 heterocycles. The van der Waals surface area contributed by atoms with E-state index in [0.29, 0.717) is 6.67 Å². The zero-order valence-corrected chi connectivity index (χ0v) is 41.6. The van der Waals surface area contributed by atoms with Gasteiger partial charge in [0, 0.05) is 51.5 Å². The van der Waals surface area contributed by atoms with Gasteiger partial charge in [-0.15, -0.1) is 0 Å². The first kappa shape index (κ1) is 44.7. The highest BCUT2D eigenvalue weighted by Gasteiger charge is 2.33. The van der Waals surface area contributed by atoms with E-state index in [1.54, 1.807) is 0 Å². The largest absolute Gasteiger partial charge is 0.457 e. The van der Waals surface area contributed by atoms with E-state index in [4.69, 9.17) is 9.72 Å². The molecule has 0 unspecified atom stereocenters. The summed E-state index contributed by atoms with van der Waals surface area (Å²) in [6.45, 7) is 25.9. The van der Waals surface area contributed by atoms with Crippen molar-refractivity contribution in [2.24, 2.45) is 0 Å². The molecule has 0 bridgehead atoms. The normalized spacial score (nSPS) is 13.4. The second-order valence-electron chi connectivity index (χ2n) is 22.3. The Kier molecular flexibility index (Phi) is 10.9. The lowest BCUT2D eigenvalue weighted by molar-refractivity contribution is 0.483. The number of hydrogen-bond acceptors (Lipinski definition) is 4. The Morgan fingerprint density at radius 3 is 1.79 bits per heavy atom. The van der Waals surface area contributed by atoms with E-state index in [0.717, 1.165) is 45.1 Å². The summed E-state index contributed by atoms with van der Waals surface area (Å²) in [4.78, 5) is 9.99. The van der Waals surface area contributed by atoms with E-state index >= 15 is 0 Å². The molecule has 68 heavy (non-hydrogen) atoms. The van der Waals surface area contributed by atoms with Gasteiger partial charge in [0.1, 0.15) is 24.0 Å². The third-order valence-electron chi connectivity index (χ3n) is 14.1. The molecule has 0 aliphatic carbocycles. The molecule has 1 aliphatic rings. The van der Waals surface area contributed by atoms with Gasteiger partial charge in [0.2, 0.25) is 0 Å². The number of fused-ring (bicyclic) bond motifs is 4. The van der Waals surface area contributed by atoms with E-state index in [1.807, 2.05) is 6.20 Å². The monoisotopic (exact) mass is 893 g/mol. The van der Waals surface area contributed by atoms with Crippen molar-refractivity contribution in [1.82, 2.24) is 9.55 Å². The summed E-state index contributed by atoms with van der Waals surface area (Å²) in [7, 11) is 0. The van der Waals surface area contributed by atoms with Crippen LogP contribution in [0.1, 0.15) is 104 Å². The highest BCUT2D eigenvalue weighted by Crippen LogP contribution is 2.51. The Morgan fingerprint density at radius 1 is 0.441 bits per heavy atom. The molecule has 1 aliphatic heterocycles. The Balaban J connectivity index is 1.06. The fraction of sp³-hybridized carbons (Fsp3) is 0.254. The van der Waals surface area contributed by atoms with Crippen LogP contribution in [0.25, 0.3) is 38.8 Å². The van der Waals surface area contributed by atoms with Gasteiger partial charge in [-0.2, -0.15) is 0 Å². The molecule has 9 aromatic rings. The molecule has 0 radical (unpaired) electrons. The van der Waals surface area contributed by atoms with Crippen molar-refractivity contribution in [2.45, 2.75) is 97.8 Å². The lowest BCUT2D eigenvalue weighted by Crippen LogP contribution is -2.25. The molecule has 342 valence electrons. The summed E-state index contributed by atoms with van der Waals surface area (Å²) in [6, 6.07) is 61.8. The van der Waals surface area contributed by atoms with Crippen LogP contribution in [0.5, 0.6) is 11.5 Å². The smallest absolute Gasteiger partial charge is 0.137 e. The number of aromatic nitrogens is 2. The van der Waals surface area contributed by atoms with Crippen molar-refractivity contribution >= 4 is 44.6 Å². The fourth-order valence-electron chi connectivity index (χ4n) is 9.82. The molecule has 5 nitrogen and oxygen atoms in total. The minimum atomic E-state index is -0.224. The van der Waals surface area contributed by atoms with Gasteiger partial charge in [-0.3, -0.25) is 4.57 Å². The van der Waals surface area contributed by atoms with Crippen LogP contribution in [0.3, 0.4) is 0 Å². The van der Waals surface area contributed by atoms with Gasteiger partial charge in [-0.1, -0.05) is 167 Å². The van der Waals surface area contributed by atoms with Crippen LogP contribution in [0.2, 0.25) is 0 Å².